The molecule has 0 aromatic heterocycles. The van der Waals surface area contributed by atoms with Gasteiger partial charge in [0, 0.05) is 6.42 Å². The molecule has 2 aliphatic rings. The Morgan fingerprint density at radius 2 is 1.53 bits per heavy atom. The fraction of sp³-hybridized carbons (Fsp3) is 0.929. The van der Waals surface area contributed by atoms with Crippen molar-refractivity contribution in [1.82, 2.24) is 0 Å². The van der Waals surface area contributed by atoms with Gasteiger partial charge in [0.05, 0.1) is 0 Å². The van der Waals surface area contributed by atoms with Gasteiger partial charge in [0.15, 0.2) is 0 Å². The molecule has 1 heteroatoms. The van der Waals surface area contributed by atoms with Crippen molar-refractivity contribution in [3.8, 4) is 0 Å². The van der Waals surface area contributed by atoms with E-state index in [-0.39, 0.29) is 0 Å². The zero-order chi connectivity index (χ0) is 10.9. The molecular formula is C14H27Al. The molecule has 0 N–H and O–H groups in total. The van der Waals surface area contributed by atoms with Crippen molar-refractivity contribution in [3.63, 3.8) is 0 Å². The van der Waals surface area contributed by atoms with E-state index in [0.29, 0.717) is 0 Å². The topological polar surface area (TPSA) is 0 Å². The first-order chi connectivity index (χ1) is 7.23. The molecule has 0 aromatic rings. The first-order valence-corrected chi connectivity index (χ1v) is 10.4. The maximum atomic E-state index is 2.80. The lowest BCUT2D eigenvalue weighted by Crippen LogP contribution is -2.34. The van der Waals surface area contributed by atoms with Crippen LogP contribution in [0.4, 0.5) is 0 Å². The Morgan fingerprint density at radius 3 is 2.00 bits per heavy atom. The van der Waals surface area contributed by atoms with E-state index in [1.807, 2.05) is 0 Å². The largest absolute Gasteiger partial charge is 0.205 e. The van der Waals surface area contributed by atoms with E-state index < -0.39 is 13.1 Å². The summed E-state index contributed by atoms with van der Waals surface area (Å²) in [4.78, 5) is 0. The highest BCUT2D eigenvalue weighted by molar-refractivity contribution is 6.82. The Bertz CT molecular complexity index is 203. The van der Waals surface area contributed by atoms with Crippen molar-refractivity contribution in [2.24, 2.45) is 5.41 Å². The second-order valence-electron chi connectivity index (χ2n) is 6.28. The van der Waals surface area contributed by atoms with Gasteiger partial charge in [0.25, 0.3) is 0 Å². The van der Waals surface area contributed by atoms with Crippen LogP contribution in [-0.4, -0.2) is 13.1 Å². The van der Waals surface area contributed by atoms with Crippen LogP contribution in [0.25, 0.3) is 0 Å². The van der Waals surface area contributed by atoms with Crippen LogP contribution in [0, 0.1) is 11.8 Å². The molecule has 86 valence electrons. The van der Waals surface area contributed by atoms with Crippen LogP contribution >= 0.6 is 0 Å². The van der Waals surface area contributed by atoms with Crippen LogP contribution in [0.1, 0.15) is 52.9 Å². The van der Waals surface area contributed by atoms with Crippen molar-refractivity contribution >= 4 is 13.1 Å². The molecule has 2 aliphatic carbocycles. The van der Waals surface area contributed by atoms with Gasteiger partial charge >= 0.3 is 0 Å². The van der Waals surface area contributed by atoms with Crippen LogP contribution in [0.3, 0.4) is 0 Å². The van der Waals surface area contributed by atoms with E-state index >= 15 is 0 Å². The van der Waals surface area contributed by atoms with Gasteiger partial charge in [-0.15, -0.1) is 20.8 Å². The average molecular weight is 222 g/mol. The minimum atomic E-state index is -1.21. The average Bonchev–Trinajstić information content (AvgIpc) is 2.97. The molecular weight excluding hydrogens is 195 g/mol. The maximum Gasteiger partial charge on any atom is 0.205 e. The van der Waals surface area contributed by atoms with Gasteiger partial charge in [-0.25, -0.2) is 0 Å². The first kappa shape index (κ1) is 11.9. The number of hydrogen-bond acceptors (Lipinski definition) is 0. The summed E-state index contributed by atoms with van der Waals surface area (Å²) in [6, 6.07) is 0. The third-order valence-electron chi connectivity index (χ3n) is 6.05. The molecule has 0 unspecified atom stereocenters. The minimum Gasteiger partial charge on any atom is -0.190 e. The second kappa shape index (κ2) is 4.34. The minimum absolute atomic E-state index is 0.783. The molecule has 0 aliphatic heterocycles. The first-order valence-electron chi connectivity index (χ1n) is 7.30. The highest BCUT2D eigenvalue weighted by Gasteiger charge is 2.68. The van der Waals surface area contributed by atoms with Gasteiger partial charge in [-0.1, -0.05) is 6.42 Å². The van der Waals surface area contributed by atoms with E-state index in [1.165, 1.54) is 19.3 Å². The molecule has 0 amide bonds. The Hall–Kier alpha value is 0.402. The van der Waals surface area contributed by atoms with Crippen LogP contribution in [0.2, 0.25) is 20.6 Å². The van der Waals surface area contributed by atoms with Crippen LogP contribution in [-0.2, 0) is 0 Å². The lowest BCUT2D eigenvalue weighted by atomic mass is 9.86. The molecule has 0 aromatic carbocycles. The van der Waals surface area contributed by atoms with Crippen molar-refractivity contribution in [2.45, 2.75) is 73.5 Å². The molecule has 2 rings (SSSR count). The SMILES string of the molecule is C[CH2][Al-]([CH2]C)([CH2]C)[C@@H]1[CH+]C12CCCCC2. The summed E-state index contributed by atoms with van der Waals surface area (Å²) >= 11 is -1.21. The molecule has 1 spiro atoms. The summed E-state index contributed by atoms with van der Waals surface area (Å²) in [6.07, 6.45) is 10.4. The predicted molar refractivity (Wildman–Crippen MR) is 70.8 cm³/mol. The van der Waals surface area contributed by atoms with Crippen LogP contribution < -0.4 is 0 Å². The maximum absolute atomic E-state index is 2.80. The number of rotatable bonds is 4. The van der Waals surface area contributed by atoms with Gasteiger partial charge in [-0.05, 0) is 30.5 Å². The molecule has 15 heavy (non-hydrogen) atoms. The zero-order valence-electron chi connectivity index (χ0n) is 10.9. The molecule has 0 saturated heterocycles. The van der Waals surface area contributed by atoms with Crippen molar-refractivity contribution in [1.29, 1.82) is 0 Å². The summed E-state index contributed by atoms with van der Waals surface area (Å²) in [5.74, 6) is 0. The molecule has 2 saturated carbocycles. The van der Waals surface area contributed by atoms with Crippen molar-refractivity contribution < 1.29 is 0 Å². The van der Waals surface area contributed by atoms with Gasteiger partial charge in [-0.3, -0.25) is 0 Å². The van der Waals surface area contributed by atoms with E-state index in [1.54, 1.807) is 28.7 Å². The fourth-order valence-electron chi connectivity index (χ4n) is 4.56. The van der Waals surface area contributed by atoms with Gasteiger partial charge in [-0.2, -0.15) is 15.8 Å². The third kappa shape index (κ3) is 1.87. The molecule has 0 bridgehead atoms. The quantitative estimate of drug-likeness (QED) is 0.462. The standard InChI is InChI=1S/C8H12.3C2H5.Al/c1-2-4-8(5-3-1)6-7-8;3*1-2;/h6-7H,1-5H2;3*1H2,2H3;/q+1;;;;-1. The Labute approximate surface area is 98.5 Å². The Kier molecular flexibility index (Phi) is 3.44. The molecule has 2 fully saturated rings. The van der Waals surface area contributed by atoms with Gasteiger partial charge in [0.2, 0.25) is 13.1 Å². The van der Waals surface area contributed by atoms with E-state index in [4.69, 9.17) is 0 Å². The fourth-order valence-corrected chi connectivity index (χ4v) is 10.3. The summed E-state index contributed by atoms with van der Waals surface area (Å²) in [5, 5.41) is 4.63. The normalized spacial score (nSPS) is 28.9. The van der Waals surface area contributed by atoms with E-state index in [9.17, 15) is 0 Å². The molecule has 1 atom stereocenters. The van der Waals surface area contributed by atoms with E-state index in [2.05, 4.69) is 27.2 Å². The highest BCUT2D eigenvalue weighted by atomic mass is 27.2. The zero-order valence-corrected chi connectivity index (χ0v) is 12.0. The Balaban J connectivity index is 2.06. The monoisotopic (exact) mass is 222 g/mol. The summed E-state index contributed by atoms with van der Waals surface area (Å²) in [5.41, 5.74) is 0.783. The highest BCUT2D eigenvalue weighted by Crippen LogP contribution is 2.70. The van der Waals surface area contributed by atoms with Crippen LogP contribution in [0.5, 0.6) is 0 Å². The van der Waals surface area contributed by atoms with Gasteiger partial charge in [0.1, 0.15) is 5.41 Å². The van der Waals surface area contributed by atoms with Crippen molar-refractivity contribution in [2.75, 3.05) is 0 Å². The summed E-state index contributed by atoms with van der Waals surface area (Å²) in [7, 11) is 0. The summed E-state index contributed by atoms with van der Waals surface area (Å²) in [6.45, 7) is 7.42. The van der Waals surface area contributed by atoms with Gasteiger partial charge < -0.3 is 0 Å². The Morgan fingerprint density at radius 1 is 1.00 bits per heavy atom. The van der Waals surface area contributed by atoms with Crippen LogP contribution in [0.15, 0.2) is 0 Å². The second-order valence-corrected chi connectivity index (χ2v) is 12.6. The van der Waals surface area contributed by atoms with Crippen molar-refractivity contribution in [3.05, 3.63) is 6.42 Å². The predicted octanol–water partition coefficient (Wildman–Crippen LogP) is 5.03. The molecule has 0 radical (unpaired) electrons. The smallest absolute Gasteiger partial charge is 0.190 e. The lowest BCUT2D eigenvalue weighted by molar-refractivity contribution is 0.349. The lowest BCUT2D eigenvalue weighted by Gasteiger charge is -2.30. The third-order valence-corrected chi connectivity index (χ3v) is 13.3. The molecule has 0 nitrogen and oxygen atoms in total. The van der Waals surface area contributed by atoms with E-state index in [0.717, 1.165) is 10.2 Å². The summed E-state index contributed by atoms with van der Waals surface area (Å²) < 4.78 is 1.13. The molecule has 0 heterocycles. The number of hydrogen-bond donors (Lipinski definition) is 0.